The highest BCUT2D eigenvalue weighted by atomic mass is 15.1. The average Bonchev–Trinajstić information content (AvgIpc) is 2.07. The minimum atomic E-state index is 0.541. The molecule has 1 heterocycles. The number of nitrogens with zero attached hydrogens (tertiary/aromatic N) is 2. The van der Waals surface area contributed by atoms with E-state index in [-0.39, 0.29) is 0 Å². The zero-order chi connectivity index (χ0) is 8.97. The van der Waals surface area contributed by atoms with Crippen LogP contribution in [0, 0.1) is 0 Å². The molecule has 2 heteroatoms. The minimum absolute atomic E-state index is 0.541. The Morgan fingerprint density at radius 3 is 2.67 bits per heavy atom. The summed E-state index contributed by atoms with van der Waals surface area (Å²) in [4.78, 5) is 6.41. The van der Waals surface area contributed by atoms with E-state index in [1.165, 1.54) is 5.69 Å². The van der Waals surface area contributed by atoms with Gasteiger partial charge in [-0.05, 0) is 32.9 Å². The Kier molecular flexibility index (Phi) is 3.09. The second kappa shape index (κ2) is 4.10. The number of pyridine rings is 1. The number of aromatic nitrogens is 1. The van der Waals surface area contributed by atoms with Gasteiger partial charge in [0, 0.05) is 18.8 Å². The third kappa shape index (κ3) is 1.97. The zero-order valence-corrected chi connectivity index (χ0v) is 7.99. The Morgan fingerprint density at radius 1 is 1.50 bits per heavy atom. The fourth-order valence-corrected chi connectivity index (χ4v) is 1.37. The van der Waals surface area contributed by atoms with Gasteiger partial charge in [0.05, 0.1) is 11.9 Å². The topological polar surface area (TPSA) is 16.1 Å². The van der Waals surface area contributed by atoms with Gasteiger partial charge in [0.2, 0.25) is 0 Å². The minimum Gasteiger partial charge on any atom is -0.368 e. The summed E-state index contributed by atoms with van der Waals surface area (Å²) in [6.07, 6.45) is 3.71. The van der Waals surface area contributed by atoms with E-state index in [9.17, 15) is 0 Å². The number of anilines is 1. The molecular formula is C10H16N2. The molecule has 0 aliphatic carbocycles. The fourth-order valence-electron chi connectivity index (χ4n) is 1.37. The van der Waals surface area contributed by atoms with E-state index in [0.717, 1.165) is 6.54 Å². The van der Waals surface area contributed by atoms with Gasteiger partial charge in [-0.1, -0.05) is 0 Å². The first kappa shape index (κ1) is 9.04. The van der Waals surface area contributed by atoms with E-state index in [0.29, 0.717) is 6.04 Å². The Labute approximate surface area is 74.2 Å². The summed E-state index contributed by atoms with van der Waals surface area (Å²) in [6, 6.07) is 4.61. The van der Waals surface area contributed by atoms with Gasteiger partial charge in [0.1, 0.15) is 0 Å². The smallest absolute Gasteiger partial charge is 0.0554 e. The molecule has 0 saturated carbocycles. The van der Waals surface area contributed by atoms with Gasteiger partial charge in [-0.15, -0.1) is 0 Å². The third-order valence-electron chi connectivity index (χ3n) is 1.94. The normalized spacial score (nSPS) is 10.3. The number of rotatable bonds is 3. The van der Waals surface area contributed by atoms with Gasteiger partial charge in [-0.25, -0.2) is 0 Å². The van der Waals surface area contributed by atoms with Crippen molar-refractivity contribution in [1.82, 2.24) is 4.98 Å². The first-order valence-corrected chi connectivity index (χ1v) is 4.42. The highest BCUT2D eigenvalue weighted by Crippen LogP contribution is 2.13. The maximum absolute atomic E-state index is 4.09. The molecule has 0 aliphatic rings. The number of hydrogen-bond acceptors (Lipinski definition) is 2. The van der Waals surface area contributed by atoms with Crippen molar-refractivity contribution in [2.75, 3.05) is 11.4 Å². The van der Waals surface area contributed by atoms with Crippen molar-refractivity contribution in [2.45, 2.75) is 26.8 Å². The van der Waals surface area contributed by atoms with Crippen LogP contribution >= 0.6 is 0 Å². The highest BCUT2D eigenvalue weighted by molar-refractivity contribution is 5.44. The average molecular weight is 164 g/mol. The van der Waals surface area contributed by atoms with Crippen molar-refractivity contribution in [3.05, 3.63) is 24.5 Å². The highest BCUT2D eigenvalue weighted by Gasteiger charge is 2.06. The molecule has 0 amide bonds. The second-order valence-corrected chi connectivity index (χ2v) is 3.09. The van der Waals surface area contributed by atoms with E-state index in [4.69, 9.17) is 0 Å². The maximum atomic E-state index is 4.09. The summed E-state index contributed by atoms with van der Waals surface area (Å²) in [5, 5.41) is 0. The molecule has 1 aromatic heterocycles. The maximum Gasteiger partial charge on any atom is 0.0554 e. The molecule has 2 nitrogen and oxygen atoms in total. The van der Waals surface area contributed by atoms with E-state index >= 15 is 0 Å². The monoisotopic (exact) mass is 164 g/mol. The molecule has 0 bridgehead atoms. The van der Waals surface area contributed by atoms with Crippen LogP contribution in [0.15, 0.2) is 24.5 Å². The molecule has 0 saturated heterocycles. The molecule has 0 fully saturated rings. The lowest BCUT2D eigenvalue weighted by molar-refractivity contribution is 0.702. The Hall–Kier alpha value is -1.05. The van der Waals surface area contributed by atoms with Crippen LogP contribution in [0.4, 0.5) is 5.69 Å². The molecule has 0 unspecified atom stereocenters. The number of hydrogen-bond donors (Lipinski definition) is 0. The lowest BCUT2D eigenvalue weighted by Gasteiger charge is -2.26. The summed E-state index contributed by atoms with van der Waals surface area (Å²) in [5.41, 5.74) is 1.20. The van der Waals surface area contributed by atoms with E-state index in [1.807, 2.05) is 12.3 Å². The van der Waals surface area contributed by atoms with Crippen LogP contribution in [0.2, 0.25) is 0 Å². The molecule has 0 spiro atoms. The van der Waals surface area contributed by atoms with Crippen molar-refractivity contribution in [3.63, 3.8) is 0 Å². The van der Waals surface area contributed by atoms with Crippen molar-refractivity contribution in [1.29, 1.82) is 0 Å². The lowest BCUT2D eigenvalue weighted by Crippen LogP contribution is -2.30. The first-order chi connectivity index (χ1) is 5.75. The van der Waals surface area contributed by atoms with Crippen molar-refractivity contribution in [2.24, 2.45) is 0 Å². The summed E-state index contributed by atoms with van der Waals surface area (Å²) in [5.74, 6) is 0. The van der Waals surface area contributed by atoms with Crippen LogP contribution in [0.5, 0.6) is 0 Å². The Balaban J connectivity index is 2.80. The first-order valence-electron chi connectivity index (χ1n) is 4.42. The van der Waals surface area contributed by atoms with Crippen molar-refractivity contribution >= 4 is 5.69 Å². The quantitative estimate of drug-likeness (QED) is 0.681. The molecule has 66 valence electrons. The van der Waals surface area contributed by atoms with Crippen molar-refractivity contribution < 1.29 is 0 Å². The second-order valence-electron chi connectivity index (χ2n) is 3.09. The molecular weight excluding hydrogens is 148 g/mol. The van der Waals surface area contributed by atoms with Crippen LogP contribution in [-0.4, -0.2) is 17.6 Å². The lowest BCUT2D eigenvalue weighted by atomic mass is 10.3. The predicted octanol–water partition coefficient (Wildman–Crippen LogP) is 2.32. The van der Waals surface area contributed by atoms with E-state index in [2.05, 4.69) is 36.7 Å². The van der Waals surface area contributed by atoms with Crippen LogP contribution in [0.3, 0.4) is 0 Å². The standard InChI is InChI=1S/C10H16N2/c1-4-12(9(2)3)10-6-5-7-11-8-10/h5-9H,4H2,1-3H3. The third-order valence-corrected chi connectivity index (χ3v) is 1.94. The zero-order valence-electron chi connectivity index (χ0n) is 7.99. The van der Waals surface area contributed by atoms with Gasteiger partial charge >= 0.3 is 0 Å². The van der Waals surface area contributed by atoms with Crippen LogP contribution in [0.1, 0.15) is 20.8 Å². The SMILES string of the molecule is CCN(c1cccnc1)C(C)C. The summed E-state index contributed by atoms with van der Waals surface area (Å²) < 4.78 is 0. The van der Waals surface area contributed by atoms with E-state index < -0.39 is 0 Å². The molecule has 1 rings (SSSR count). The largest absolute Gasteiger partial charge is 0.368 e. The summed E-state index contributed by atoms with van der Waals surface area (Å²) in [7, 11) is 0. The van der Waals surface area contributed by atoms with Gasteiger partial charge in [-0.3, -0.25) is 4.98 Å². The Morgan fingerprint density at radius 2 is 2.25 bits per heavy atom. The molecule has 0 aliphatic heterocycles. The summed E-state index contributed by atoms with van der Waals surface area (Å²) >= 11 is 0. The molecule has 0 atom stereocenters. The Bertz CT molecular complexity index is 219. The van der Waals surface area contributed by atoms with Crippen LogP contribution in [0.25, 0.3) is 0 Å². The molecule has 0 radical (unpaired) electrons. The van der Waals surface area contributed by atoms with Gasteiger partial charge in [-0.2, -0.15) is 0 Å². The van der Waals surface area contributed by atoms with Crippen molar-refractivity contribution in [3.8, 4) is 0 Å². The van der Waals surface area contributed by atoms with Gasteiger partial charge in [0.25, 0.3) is 0 Å². The van der Waals surface area contributed by atoms with Gasteiger partial charge in [0.15, 0.2) is 0 Å². The van der Waals surface area contributed by atoms with E-state index in [1.54, 1.807) is 6.20 Å². The molecule has 1 aromatic rings. The fraction of sp³-hybridized carbons (Fsp3) is 0.500. The van der Waals surface area contributed by atoms with Gasteiger partial charge < -0.3 is 4.90 Å². The van der Waals surface area contributed by atoms with Crippen LogP contribution in [-0.2, 0) is 0 Å². The summed E-state index contributed by atoms with van der Waals surface area (Å²) in [6.45, 7) is 7.57. The predicted molar refractivity (Wildman–Crippen MR) is 52.4 cm³/mol. The molecule has 0 aromatic carbocycles. The van der Waals surface area contributed by atoms with Crippen LogP contribution < -0.4 is 4.90 Å². The molecule has 0 N–H and O–H groups in total. The molecule has 12 heavy (non-hydrogen) atoms.